The molecule has 1 heterocycles. The molecule has 0 fully saturated rings. The topological polar surface area (TPSA) is 102 Å². The summed E-state index contributed by atoms with van der Waals surface area (Å²) in [5, 5.41) is 10.2. The summed E-state index contributed by atoms with van der Waals surface area (Å²) in [5.74, 6) is -0.151. The molecule has 0 atom stereocenters. The molecule has 0 aliphatic rings. The van der Waals surface area contributed by atoms with E-state index in [-0.39, 0.29) is 16.5 Å². The van der Waals surface area contributed by atoms with Gasteiger partial charge in [0.15, 0.2) is 9.84 Å². The quantitative estimate of drug-likeness (QED) is 0.700. The molecule has 0 aliphatic carbocycles. The number of anilines is 1. The van der Waals surface area contributed by atoms with Gasteiger partial charge < -0.3 is 4.42 Å². The molecule has 0 saturated carbocycles. The average molecular weight is 385 g/mol. The number of nitrogens with one attached hydrogen (secondary N) is 1. The summed E-state index contributed by atoms with van der Waals surface area (Å²) in [4.78, 5) is 12.4. The van der Waals surface area contributed by atoms with Crippen molar-refractivity contribution in [3.8, 4) is 0 Å². The Labute approximate surface area is 157 Å². The fraction of sp³-hybridized carbons (Fsp3) is 0.211. The summed E-state index contributed by atoms with van der Waals surface area (Å²) in [5.41, 5.74) is 2.45. The van der Waals surface area contributed by atoms with Crippen molar-refractivity contribution in [2.45, 2.75) is 24.7 Å². The van der Waals surface area contributed by atoms with Crippen LogP contribution >= 0.6 is 0 Å². The molecule has 2 aromatic carbocycles. The van der Waals surface area contributed by atoms with E-state index in [2.05, 4.69) is 22.4 Å². The van der Waals surface area contributed by atoms with Gasteiger partial charge in [-0.2, -0.15) is 0 Å². The van der Waals surface area contributed by atoms with Crippen LogP contribution in [0, 0.1) is 0 Å². The summed E-state index contributed by atoms with van der Waals surface area (Å²) in [6.45, 7) is 2.09. The van der Waals surface area contributed by atoms with Crippen LogP contribution in [0.1, 0.15) is 34.3 Å². The number of hydrogen-bond donors (Lipinski definition) is 1. The molecular formula is C19H19N3O4S. The third-order valence-corrected chi connectivity index (χ3v) is 5.11. The first kappa shape index (κ1) is 18.8. The van der Waals surface area contributed by atoms with Gasteiger partial charge in [-0.3, -0.25) is 10.1 Å². The maximum Gasteiger partial charge on any atom is 0.322 e. The van der Waals surface area contributed by atoms with Gasteiger partial charge in [0, 0.05) is 11.8 Å². The SMILES string of the molecule is CCc1ccc(Cc2nnc(NC(=O)c3cccc(S(C)(=O)=O)c3)o2)cc1. The van der Waals surface area contributed by atoms with Gasteiger partial charge in [-0.25, -0.2) is 8.42 Å². The summed E-state index contributed by atoms with van der Waals surface area (Å²) in [6.07, 6.45) is 2.51. The van der Waals surface area contributed by atoms with Crippen LogP contribution < -0.4 is 5.32 Å². The molecule has 140 valence electrons. The fourth-order valence-corrected chi connectivity index (χ4v) is 3.15. The second-order valence-corrected chi connectivity index (χ2v) is 8.12. The number of nitrogens with zero attached hydrogens (tertiary/aromatic N) is 2. The molecule has 1 amide bonds. The average Bonchev–Trinajstić information content (AvgIpc) is 3.08. The molecule has 0 aliphatic heterocycles. The Bertz CT molecular complexity index is 1060. The minimum atomic E-state index is -3.40. The third-order valence-electron chi connectivity index (χ3n) is 4.00. The molecule has 0 spiro atoms. The molecule has 3 aromatic rings. The van der Waals surface area contributed by atoms with Gasteiger partial charge in [-0.15, -0.1) is 5.10 Å². The zero-order valence-electron chi connectivity index (χ0n) is 15.0. The van der Waals surface area contributed by atoms with E-state index in [1.165, 1.54) is 29.8 Å². The van der Waals surface area contributed by atoms with E-state index in [4.69, 9.17) is 4.42 Å². The zero-order valence-corrected chi connectivity index (χ0v) is 15.8. The van der Waals surface area contributed by atoms with Crippen molar-refractivity contribution in [2.24, 2.45) is 0 Å². The number of aryl methyl sites for hydroxylation is 1. The molecule has 3 rings (SSSR count). The molecule has 0 radical (unpaired) electrons. The monoisotopic (exact) mass is 385 g/mol. The van der Waals surface area contributed by atoms with Crippen molar-refractivity contribution in [2.75, 3.05) is 11.6 Å². The molecule has 0 bridgehead atoms. The Morgan fingerprint density at radius 1 is 1.07 bits per heavy atom. The Morgan fingerprint density at radius 2 is 1.78 bits per heavy atom. The van der Waals surface area contributed by atoms with E-state index in [0.29, 0.717) is 12.3 Å². The molecule has 0 saturated heterocycles. The van der Waals surface area contributed by atoms with Crippen LogP contribution in [-0.2, 0) is 22.7 Å². The smallest absolute Gasteiger partial charge is 0.322 e. The Kier molecular flexibility index (Phi) is 5.36. The van der Waals surface area contributed by atoms with Crippen molar-refractivity contribution in [3.63, 3.8) is 0 Å². The van der Waals surface area contributed by atoms with Gasteiger partial charge in [0.1, 0.15) is 0 Å². The highest BCUT2D eigenvalue weighted by molar-refractivity contribution is 7.90. The maximum atomic E-state index is 12.3. The van der Waals surface area contributed by atoms with Gasteiger partial charge >= 0.3 is 6.01 Å². The maximum absolute atomic E-state index is 12.3. The highest BCUT2D eigenvalue weighted by Gasteiger charge is 2.15. The predicted molar refractivity (Wildman–Crippen MR) is 100 cm³/mol. The molecule has 8 heteroatoms. The number of benzene rings is 2. The molecule has 7 nitrogen and oxygen atoms in total. The van der Waals surface area contributed by atoms with Gasteiger partial charge in [-0.05, 0) is 35.7 Å². The first-order valence-corrected chi connectivity index (χ1v) is 10.3. The number of carbonyl (C=O) groups excluding carboxylic acids is 1. The van der Waals surface area contributed by atoms with E-state index in [1.807, 2.05) is 24.3 Å². The lowest BCUT2D eigenvalue weighted by atomic mass is 10.1. The second kappa shape index (κ2) is 7.71. The van der Waals surface area contributed by atoms with Crippen LogP contribution in [0.2, 0.25) is 0 Å². The van der Waals surface area contributed by atoms with E-state index in [0.717, 1.165) is 18.2 Å². The van der Waals surface area contributed by atoms with Gasteiger partial charge in [0.25, 0.3) is 5.91 Å². The molecular weight excluding hydrogens is 366 g/mol. The first-order chi connectivity index (χ1) is 12.8. The van der Waals surface area contributed by atoms with Crippen molar-refractivity contribution in [1.29, 1.82) is 0 Å². The molecule has 1 N–H and O–H groups in total. The summed E-state index contributed by atoms with van der Waals surface area (Å²) < 4.78 is 28.7. The zero-order chi connectivity index (χ0) is 19.4. The fourth-order valence-electron chi connectivity index (χ4n) is 2.48. The van der Waals surface area contributed by atoms with Crippen molar-refractivity contribution < 1.29 is 17.6 Å². The Balaban J connectivity index is 1.69. The van der Waals surface area contributed by atoms with E-state index < -0.39 is 15.7 Å². The van der Waals surface area contributed by atoms with E-state index in [9.17, 15) is 13.2 Å². The number of aromatic nitrogens is 2. The van der Waals surface area contributed by atoms with E-state index in [1.54, 1.807) is 0 Å². The number of rotatable bonds is 6. The van der Waals surface area contributed by atoms with Gasteiger partial charge in [0.05, 0.1) is 11.3 Å². The van der Waals surface area contributed by atoms with Crippen molar-refractivity contribution >= 4 is 21.8 Å². The number of amides is 1. The lowest BCUT2D eigenvalue weighted by Gasteiger charge is -2.03. The number of hydrogen-bond acceptors (Lipinski definition) is 6. The third kappa shape index (κ3) is 4.79. The highest BCUT2D eigenvalue weighted by Crippen LogP contribution is 2.15. The van der Waals surface area contributed by atoms with Crippen molar-refractivity contribution in [1.82, 2.24) is 10.2 Å². The van der Waals surface area contributed by atoms with Crippen LogP contribution in [0.3, 0.4) is 0 Å². The van der Waals surface area contributed by atoms with Crippen LogP contribution in [0.25, 0.3) is 0 Å². The molecule has 27 heavy (non-hydrogen) atoms. The molecule has 1 aromatic heterocycles. The van der Waals surface area contributed by atoms with Crippen LogP contribution in [-0.4, -0.2) is 30.8 Å². The van der Waals surface area contributed by atoms with Gasteiger partial charge in [0.2, 0.25) is 5.89 Å². The second-order valence-electron chi connectivity index (χ2n) is 6.10. The van der Waals surface area contributed by atoms with Gasteiger partial charge in [-0.1, -0.05) is 42.4 Å². The summed E-state index contributed by atoms with van der Waals surface area (Å²) in [7, 11) is -3.40. The Hall–Kier alpha value is -3.00. The lowest BCUT2D eigenvalue weighted by Crippen LogP contribution is -2.13. The van der Waals surface area contributed by atoms with Crippen LogP contribution in [0.15, 0.2) is 57.8 Å². The lowest BCUT2D eigenvalue weighted by molar-refractivity contribution is 0.102. The summed E-state index contributed by atoms with van der Waals surface area (Å²) in [6, 6.07) is 13.8. The minimum absolute atomic E-state index is 0.0371. The predicted octanol–water partition coefficient (Wildman–Crippen LogP) is 2.88. The highest BCUT2D eigenvalue weighted by atomic mass is 32.2. The van der Waals surface area contributed by atoms with Crippen LogP contribution in [0.5, 0.6) is 0 Å². The standard InChI is InChI=1S/C19H19N3O4S/c1-3-13-7-9-14(10-8-13)11-17-21-22-19(26-17)20-18(23)15-5-4-6-16(12-15)27(2,24)25/h4-10,12H,3,11H2,1-2H3,(H,20,22,23). The number of carbonyl (C=O) groups is 1. The number of sulfone groups is 1. The van der Waals surface area contributed by atoms with Crippen molar-refractivity contribution in [3.05, 3.63) is 71.1 Å². The normalized spacial score (nSPS) is 11.3. The minimum Gasteiger partial charge on any atom is -0.407 e. The summed E-state index contributed by atoms with van der Waals surface area (Å²) >= 11 is 0. The van der Waals surface area contributed by atoms with E-state index >= 15 is 0 Å². The Morgan fingerprint density at radius 3 is 2.44 bits per heavy atom. The largest absolute Gasteiger partial charge is 0.407 e. The van der Waals surface area contributed by atoms with Crippen LogP contribution in [0.4, 0.5) is 6.01 Å². The molecule has 0 unspecified atom stereocenters. The first-order valence-electron chi connectivity index (χ1n) is 8.37.